The maximum atomic E-state index is 2.66. The van der Waals surface area contributed by atoms with Crippen LogP contribution in [0.2, 0.25) is 0 Å². The van der Waals surface area contributed by atoms with Gasteiger partial charge in [0, 0.05) is 6.04 Å². The second-order valence-electron chi connectivity index (χ2n) is 6.28. The molecule has 0 aromatic heterocycles. The molecule has 1 aromatic rings. The molecule has 1 heterocycles. The van der Waals surface area contributed by atoms with E-state index in [2.05, 4.69) is 36.9 Å². The molecule has 1 nitrogen and oxygen atoms in total. The quantitative estimate of drug-likeness (QED) is 0.759. The molecule has 0 radical (unpaired) electrons. The summed E-state index contributed by atoms with van der Waals surface area (Å²) in [5.41, 5.74) is 4.74. The number of aryl methyl sites for hydroxylation is 2. The zero-order valence-electron chi connectivity index (χ0n) is 11.8. The van der Waals surface area contributed by atoms with Gasteiger partial charge >= 0.3 is 0 Å². The van der Waals surface area contributed by atoms with Gasteiger partial charge in [0.15, 0.2) is 0 Å². The van der Waals surface area contributed by atoms with Crippen LogP contribution in [0.5, 0.6) is 0 Å². The fourth-order valence-corrected chi connectivity index (χ4v) is 3.48. The smallest absolute Gasteiger partial charge is 0.0319 e. The van der Waals surface area contributed by atoms with Crippen LogP contribution >= 0.6 is 0 Å². The van der Waals surface area contributed by atoms with Crippen molar-refractivity contribution >= 4 is 0 Å². The molecule has 0 amide bonds. The second kappa shape index (κ2) is 5.05. The Labute approximate surface area is 111 Å². The highest BCUT2D eigenvalue weighted by molar-refractivity contribution is 5.36. The average Bonchev–Trinajstić information content (AvgIpc) is 2.86. The fourth-order valence-electron chi connectivity index (χ4n) is 3.48. The van der Waals surface area contributed by atoms with Crippen LogP contribution in [0.3, 0.4) is 0 Å². The van der Waals surface area contributed by atoms with Crippen LogP contribution in [-0.4, -0.2) is 18.0 Å². The molecule has 1 fully saturated rings. The van der Waals surface area contributed by atoms with E-state index < -0.39 is 0 Å². The molecule has 0 spiro atoms. The van der Waals surface area contributed by atoms with Gasteiger partial charge in [-0.15, -0.1) is 0 Å². The topological polar surface area (TPSA) is 3.24 Å². The van der Waals surface area contributed by atoms with Crippen LogP contribution in [-0.2, 0) is 12.8 Å². The SMILES string of the molecule is CC1CCN(C(C)c2ccc3c(c2)CCC3)CC1. The van der Waals surface area contributed by atoms with E-state index in [1.807, 2.05) is 0 Å². The van der Waals surface area contributed by atoms with Gasteiger partial charge in [0.25, 0.3) is 0 Å². The van der Waals surface area contributed by atoms with Crippen LogP contribution in [0.15, 0.2) is 18.2 Å². The average molecular weight is 243 g/mol. The van der Waals surface area contributed by atoms with Crippen molar-refractivity contribution in [3.8, 4) is 0 Å². The van der Waals surface area contributed by atoms with E-state index in [-0.39, 0.29) is 0 Å². The van der Waals surface area contributed by atoms with Crippen molar-refractivity contribution in [2.24, 2.45) is 5.92 Å². The van der Waals surface area contributed by atoms with Gasteiger partial charge in [-0.25, -0.2) is 0 Å². The van der Waals surface area contributed by atoms with E-state index in [4.69, 9.17) is 0 Å². The Kier molecular flexibility index (Phi) is 3.43. The van der Waals surface area contributed by atoms with E-state index in [1.165, 1.54) is 50.8 Å². The number of hydrogen-bond acceptors (Lipinski definition) is 1. The van der Waals surface area contributed by atoms with Gasteiger partial charge in [0.1, 0.15) is 0 Å². The molecule has 1 aliphatic carbocycles. The number of rotatable bonds is 2. The summed E-state index contributed by atoms with van der Waals surface area (Å²) >= 11 is 0. The van der Waals surface area contributed by atoms with E-state index in [0.717, 1.165) is 5.92 Å². The van der Waals surface area contributed by atoms with E-state index in [1.54, 1.807) is 11.1 Å². The van der Waals surface area contributed by atoms with Gasteiger partial charge in [-0.3, -0.25) is 4.90 Å². The van der Waals surface area contributed by atoms with Crippen molar-refractivity contribution in [2.75, 3.05) is 13.1 Å². The number of fused-ring (bicyclic) bond motifs is 1. The number of piperidine rings is 1. The summed E-state index contributed by atoms with van der Waals surface area (Å²) in [7, 11) is 0. The lowest BCUT2D eigenvalue weighted by molar-refractivity contribution is 0.147. The van der Waals surface area contributed by atoms with Crippen LogP contribution in [0.4, 0.5) is 0 Å². The minimum atomic E-state index is 0.600. The molecule has 3 rings (SSSR count). The molecule has 98 valence electrons. The van der Waals surface area contributed by atoms with Gasteiger partial charge in [0.2, 0.25) is 0 Å². The summed E-state index contributed by atoms with van der Waals surface area (Å²) in [6.07, 6.45) is 6.69. The number of nitrogens with zero attached hydrogens (tertiary/aromatic N) is 1. The Balaban J connectivity index is 1.74. The number of hydrogen-bond donors (Lipinski definition) is 0. The van der Waals surface area contributed by atoms with E-state index in [9.17, 15) is 0 Å². The van der Waals surface area contributed by atoms with Gasteiger partial charge in [-0.2, -0.15) is 0 Å². The summed E-state index contributed by atoms with van der Waals surface area (Å²) in [6, 6.07) is 7.82. The number of likely N-dealkylation sites (tertiary alicyclic amines) is 1. The third-order valence-corrected chi connectivity index (χ3v) is 4.97. The maximum Gasteiger partial charge on any atom is 0.0319 e. The minimum Gasteiger partial charge on any atom is -0.297 e. The van der Waals surface area contributed by atoms with Crippen molar-refractivity contribution in [1.82, 2.24) is 4.90 Å². The first-order chi connectivity index (χ1) is 8.74. The van der Waals surface area contributed by atoms with Crippen molar-refractivity contribution < 1.29 is 0 Å². The zero-order chi connectivity index (χ0) is 12.5. The lowest BCUT2D eigenvalue weighted by Gasteiger charge is -2.35. The highest BCUT2D eigenvalue weighted by atomic mass is 15.2. The van der Waals surface area contributed by atoms with Crippen molar-refractivity contribution in [2.45, 2.75) is 52.0 Å². The highest BCUT2D eigenvalue weighted by Crippen LogP contribution is 2.30. The highest BCUT2D eigenvalue weighted by Gasteiger charge is 2.22. The predicted molar refractivity (Wildman–Crippen MR) is 76.9 cm³/mol. The van der Waals surface area contributed by atoms with Gasteiger partial charge < -0.3 is 0 Å². The molecule has 1 unspecified atom stereocenters. The Morgan fingerprint density at radius 3 is 2.61 bits per heavy atom. The molecule has 0 saturated carbocycles. The fraction of sp³-hybridized carbons (Fsp3) is 0.647. The maximum absolute atomic E-state index is 2.66. The Morgan fingerprint density at radius 2 is 1.83 bits per heavy atom. The predicted octanol–water partition coefficient (Wildman–Crippen LogP) is 3.97. The molecular weight excluding hydrogens is 218 g/mol. The van der Waals surface area contributed by atoms with Gasteiger partial charge in [0.05, 0.1) is 0 Å². The van der Waals surface area contributed by atoms with Crippen molar-refractivity contribution in [3.63, 3.8) is 0 Å². The summed E-state index contributed by atoms with van der Waals surface area (Å²) < 4.78 is 0. The van der Waals surface area contributed by atoms with Crippen LogP contribution < -0.4 is 0 Å². The minimum absolute atomic E-state index is 0.600. The molecule has 1 heteroatoms. The van der Waals surface area contributed by atoms with Gasteiger partial charge in [-0.1, -0.05) is 25.1 Å². The van der Waals surface area contributed by atoms with Crippen LogP contribution in [0.25, 0.3) is 0 Å². The standard InChI is InChI=1S/C17H25N/c1-13-8-10-18(11-9-13)14(2)16-7-6-15-4-3-5-17(15)12-16/h6-7,12-14H,3-5,8-11H2,1-2H3. The first-order valence-electron chi connectivity index (χ1n) is 7.60. The summed E-state index contributed by atoms with van der Waals surface area (Å²) in [4.78, 5) is 2.66. The molecule has 1 atom stereocenters. The molecule has 0 bridgehead atoms. The Morgan fingerprint density at radius 1 is 1.11 bits per heavy atom. The lowest BCUT2D eigenvalue weighted by Crippen LogP contribution is -2.35. The third-order valence-electron chi connectivity index (χ3n) is 4.97. The summed E-state index contributed by atoms with van der Waals surface area (Å²) in [5.74, 6) is 0.925. The zero-order valence-corrected chi connectivity index (χ0v) is 11.8. The summed E-state index contributed by atoms with van der Waals surface area (Å²) in [6.45, 7) is 7.32. The monoisotopic (exact) mass is 243 g/mol. The molecule has 0 N–H and O–H groups in total. The molecular formula is C17H25N. The molecule has 18 heavy (non-hydrogen) atoms. The first kappa shape index (κ1) is 12.2. The van der Waals surface area contributed by atoms with Crippen molar-refractivity contribution in [1.29, 1.82) is 0 Å². The Bertz CT molecular complexity index is 416. The first-order valence-corrected chi connectivity index (χ1v) is 7.60. The molecule has 1 aromatic carbocycles. The van der Waals surface area contributed by atoms with Crippen LogP contribution in [0, 0.1) is 5.92 Å². The lowest BCUT2D eigenvalue weighted by atomic mass is 9.95. The van der Waals surface area contributed by atoms with E-state index >= 15 is 0 Å². The molecule has 2 aliphatic rings. The largest absolute Gasteiger partial charge is 0.297 e. The second-order valence-corrected chi connectivity index (χ2v) is 6.28. The summed E-state index contributed by atoms with van der Waals surface area (Å²) in [5, 5.41) is 0. The van der Waals surface area contributed by atoms with Crippen LogP contribution in [0.1, 0.15) is 55.8 Å². The van der Waals surface area contributed by atoms with Gasteiger partial charge in [-0.05, 0) is 74.7 Å². The third kappa shape index (κ3) is 2.33. The van der Waals surface area contributed by atoms with E-state index in [0.29, 0.717) is 6.04 Å². The molecule has 1 saturated heterocycles. The molecule has 1 aliphatic heterocycles. The number of benzene rings is 1. The normalized spacial score (nSPS) is 23.0. The van der Waals surface area contributed by atoms with Crippen molar-refractivity contribution in [3.05, 3.63) is 34.9 Å². The Hall–Kier alpha value is -0.820.